The Morgan fingerprint density at radius 1 is 1.47 bits per heavy atom. The lowest BCUT2D eigenvalue weighted by Crippen LogP contribution is -2.13. The summed E-state index contributed by atoms with van der Waals surface area (Å²) in [6.07, 6.45) is 1.41. The second-order valence-corrected chi connectivity index (χ2v) is 3.42. The predicted molar refractivity (Wildman–Crippen MR) is 58.0 cm³/mol. The Labute approximate surface area is 96.3 Å². The van der Waals surface area contributed by atoms with Gasteiger partial charge in [0.25, 0.3) is 5.91 Å². The molecule has 88 valence electrons. The molecule has 0 unspecified atom stereocenters. The van der Waals surface area contributed by atoms with Crippen molar-refractivity contribution in [3.63, 3.8) is 0 Å². The second kappa shape index (κ2) is 4.34. The van der Waals surface area contributed by atoms with E-state index in [0.29, 0.717) is 5.56 Å². The van der Waals surface area contributed by atoms with E-state index in [1.807, 2.05) is 0 Å². The van der Waals surface area contributed by atoms with Gasteiger partial charge in [0.2, 0.25) is 0 Å². The fourth-order valence-corrected chi connectivity index (χ4v) is 1.52. The van der Waals surface area contributed by atoms with E-state index in [1.165, 1.54) is 29.1 Å². The minimum absolute atomic E-state index is 0.0390. The molecule has 1 heterocycles. The summed E-state index contributed by atoms with van der Waals surface area (Å²) in [6, 6.07) is 5.70. The number of nitrogens with zero attached hydrogens (tertiary/aromatic N) is 2. The first-order valence-corrected chi connectivity index (χ1v) is 4.87. The highest BCUT2D eigenvalue weighted by molar-refractivity contribution is 5.90. The highest BCUT2D eigenvalue weighted by Crippen LogP contribution is 2.18. The van der Waals surface area contributed by atoms with E-state index in [9.17, 15) is 9.18 Å². The quantitative estimate of drug-likeness (QED) is 0.817. The maximum absolute atomic E-state index is 13.6. The SMILES string of the molecule is NC(=O)c1ccn(-c2c(F)cccc2CO)n1. The van der Waals surface area contributed by atoms with Gasteiger partial charge in [0.1, 0.15) is 17.2 Å². The van der Waals surface area contributed by atoms with Gasteiger partial charge in [-0.05, 0) is 12.1 Å². The number of para-hydroxylation sites is 1. The Bertz CT molecular complexity index is 566. The summed E-state index contributed by atoms with van der Waals surface area (Å²) in [5.41, 5.74) is 5.59. The molecule has 0 saturated heterocycles. The second-order valence-electron chi connectivity index (χ2n) is 3.42. The highest BCUT2D eigenvalue weighted by Gasteiger charge is 2.12. The van der Waals surface area contributed by atoms with Crippen LogP contribution in [-0.2, 0) is 6.61 Å². The Balaban J connectivity index is 2.55. The Kier molecular flexibility index (Phi) is 2.88. The lowest BCUT2D eigenvalue weighted by Gasteiger charge is -2.08. The van der Waals surface area contributed by atoms with E-state index >= 15 is 0 Å². The van der Waals surface area contributed by atoms with Crippen molar-refractivity contribution in [1.29, 1.82) is 0 Å². The predicted octanol–water partition coefficient (Wildman–Crippen LogP) is 0.603. The molecular formula is C11H10FN3O2. The fourth-order valence-electron chi connectivity index (χ4n) is 1.52. The first-order chi connectivity index (χ1) is 8.13. The van der Waals surface area contributed by atoms with Gasteiger partial charge in [-0.25, -0.2) is 9.07 Å². The van der Waals surface area contributed by atoms with Crippen LogP contribution >= 0.6 is 0 Å². The number of primary amides is 1. The van der Waals surface area contributed by atoms with Crippen LogP contribution in [0.5, 0.6) is 0 Å². The fraction of sp³-hybridized carbons (Fsp3) is 0.0909. The minimum atomic E-state index is -0.689. The Morgan fingerprint density at radius 3 is 2.82 bits per heavy atom. The maximum atomic E-state index is 13.6. The van der Waals surface area contributed by atoms with Crippen molar-refractivity contribution >= 4 is 5.91 Å². The molecular weight excluding hydrogens is 225 g/mol. The molecule has 0 fully saturated rings. The van der Waals surface area contributed by atoms with Crippen LogP contribution in [0.4, 0.5) is 4.39 Å². The van der Waals surface area contributed by atoms with Gasteiger partial charge in [0.05, 0.1) is 6.61 Å². The van der Waals surface area contributed by atoms with Crippen LogP contribution in [0.2, 0.25) is 0 Å². The van der Waals surface area contributed by atoms with Gasteiger partial charge in [0, 0.05) is 11.8 Å². The van der Waals surface area contributed by atoms with E-state index in [-0.39, 0.29) is 18.0 Å². The molecule has 0 aliphatic rings. The summed E-state index contributed by atoms with van der Waals surface area (Å²) in [7, 11) is 0. The number of hydrogen-bond donors (Lipinski definition) is 2. The van der Waals surface area contributed by atoms with Crippen molar-refractivity contribution in [2.75, 3.05) is 0 Å². The molecule has 6 heteroatoms. The molecule has 1 aromatic heterocycles. The number of amides is 1. The van der Waals surface area contributed by atoms with Gasteiger partial charge in [-0.1, -0.05) is 12.1 Å². The molecule has 0 bridgehead atoms. The maximum Gasteiger partial charge on any atom is 0.269 e. The lowest BCUT2D eigenvalue weighted by molar-refractivity contribution is 0.0995. The number of nitrogens with two attached hydrogens (primary N) is 1. The molecule has 0 spiro atoms. The smallest absolute Gasteiger partial charge is 0.269 e. The zero-order valence-corrected chi connectivity index (χ0v) is 8.80. The molecule has 2 aromatic rings. The van der Waals surface area contributed by atoms with Gasteiger partial charge < -0.3 is 10.8 Å². The average molecular weight is 235 g/mol. The van der Waals surface area contributed by atoms with Gasteiger partial charge in [0.15, 0.2) is 0 Å². The number of benzene rings is 1. The molecule has 3 N–H and O–H groups in total. The normalized spacial score (nSPS) is 10.5. The first-order valence-electron chi connectivity index (χ1n) is 4.87. The largest absolute Gasteiger partial charge is 0.392 e. The zero-order valence-electron chi connectivity index (χ0n) is 8.80. The van der Waals surface area contributed by atoms with Crippen LogP contribution in [0.1, 0.15) is 16.1 Å². The van der Waals surface area contributed by atoms with Gasteiger partial charge in [-0.15, -0.1) is 0 Å². The molecule has 17 heavy (non-hydrogen) atoms. The van der Waals surface area contributed by atoms with Crippen LogP contribution in [0.15, 0.2) is 30.5 Å². The molecule has 5 nitrogen and oxygen atoms in total. The van der Waals surface area contributed by atoms with E-state index in [0.717, 1.165) is 0 Å². The molecule has 2 rings (SSSR count). The molecule has 0 aliphatic carbocycles. The van der Waals surface area contributed by atoms with Crippen molar-refractivity contribution < 1.29 is 14.3 Å². The monoisotopic (exact) mass is 235 g/mol. The number of halogens is 1. The summed E-state index contributed by atoms with van der Waals surface area (Å²) in [6.45, 7) is -0.321. The van der Waals surface area contributed by atoms with Crippen molar-refractivity contribution in [3.8, 4) is 5.69 Å². The zero-order chi connectivity index (χ0) is 12.4. The van der Waals surface area contributed by atoms with E-state index in [2.05, 4.69) is 5.10 Å². The van der Waals surface area contributed by atoms with Gasteiger partial charge in [-0.3, -0.25) is 4.79 Å². The molecule has 0 radical (unpaired) electrons. The summed E-state index contributed by atoms with van der Waals surface area (Å²) in [4.78, 5) is 10.9. The molecule has 1 aromatic carbocycles. The van der Waals surface area contributed by atoms with Crippen LogP contribution in [-0.4, -0.2) is 20.8 Å². The van der Waals surface area contributed by atoms with Crippen LogP contribution in [0.3, 0.4) is 0 Å². The number of rotatable bonds is 3. The lowest BCUT2D eigenvalue weighted by atomic mass is 10.2. The molecule has 1 amide bonds. The standard InChI is InChI=1S/C11H10FN3O2/c12-8-3-1-2-7(6-16)10(8)15-5-4-9(14-15)11(13)17/h1-5,16H,6H2,(H2,13,17). The number of aromatic nitrogens is 2. The minimum Gasteiger partial charge on any atom is -0.392 e. The third-order valence-electron chi connectivity index (χ3n) is 2.31. The number of carbonyl (C=O) groups is 1. The molecule has 0 atom stereocenters. The Morgan fingerprint density at radius 2 is 2.24 bits per heavy atom. The van der Waals surface area contributed by atoms with Crippen molar-refractivity contribution in [1.82, 2.24) is 9.78 Å². The van der Waals surface area contributed by atoms with Crippen LogP contribution in [0, 0.1) is 5.82 Å². The average Bonchev–Trinajstić information content (AvgIpc) is 2.77. The number of aliphatic hydroxyl groups excluding tert-OH is 1. The number of aliphatic hydroxyl groups is 1. The summed E-state index contributed by atoms with van der Waals surface area (Å²) in [5.74, 6) is -1.22. The Hall–Kier alpha value is -2.21. The highest BCUT2D eigenvalue weighted by atomic mass is 19.1. The third-order valence-corrected chi connectivity index (χ3v) is 2.31. The van der Waals surface area contributed by atoms with Crippen molar-refractivity contribution in [2.24, 2.45) is 5.73 Å². The number of hydrogen-bond acceptors (Lipinski definition) is 3. The summed E-state index contributed by atoms with van der Waals surface area (Å²) >= 11 is 0. The van der Waals surface area contributed by atoms with E-state index in [4.69, 9.17) is 10.8 Å². The van der Waals surface area contributed by atoms with Crippen LogP contribution < -0.4 is 5.73 Å². The molecule has 0 aliphatic heterocycles. The van der Waals surface area contributed by atoms with E-state index in [1.54, 1.807) is 6.07 Å². The van der Waals surface area contributed by atoms with Gasteiger partial charge in [-0.2, -0.15) is 5.10 Å². The van der Waals surface area contributed by atoms with Crippen molar-refractivity contribution in [3.05, 3.63) is 47.5 Å². The summed E-state index contributed by atoms with van der Waals surface area (Å²) < 4.78 is 14.8. The number of carbonyl (C=O) groups excluding carboxylic acids is 1. The van der Waals surface area contributed by atoms with Crippen LogP contribution in [0.25, 0.3) is 5.69 Å². The third kappa shape index (κ3) is 2.02. The first kappa shape index (κ1) is 11.3. The van der Waals surface area contributed by atoms with Gasteiger partial charge >= 0.3 is 0 Å². The van der Waals surface area contributed by atoms with Crippen molar-refractivity contribution in [2.45, 2.75) is 6.61 Å². The topological polar surface area (TPSA) is 81.1 Å². The van der Waals surface area contributed by atoms with E-state index < -0.39 is 11.7 Å². The molecule has 0 saturated carbocycles. The summed E-state index contributed by atoms with van der Waals surface area (Å²) in [5, 5.41) is 13.0.